The summed E-state index contributed by atoms with van der Waals surface area (Å²) in [5.41, 5.74) is 1.40. The number of amides is 4. The molecule has 26 heavy (non-hydrogen) atoms. The topological polar surface area (TPSA) is 69.7 Å². The van der Waals surface area contributed by atoms with E-state index in [-0.39, 0.29) is 36.9 Å². The second-order valence-corrected chi connectivity index (χ2v) is 7.73. The van der Waals surface area contributed by atoms with Gasteiger partial charge in [0.15, 0.2) is 0 Å². The molecule has 1 aromatic rings. The Morgan fingerprint density at radius 3 is 2.69 bits per heavy atom. The van der Waals surface area contributed by atoms with Gasteiger partial charge in [0.25, 0.3) is 5.91 Å². The average Bonchev–Trinajstić information content (AvgIpc) is 3.08. The van der Waals surface area contributed by atoms with Crippen molar-refractivity contribution in [3.8, 4) is 0 Å². The van der Waals surface area contributed by atoms with Gasteiger partial charge in [0.2, 0.25) is 5.91 Å². The Balaban J connectivity index is 1.43. The molecule has 138 valence electrons. The van der Waals surface area contributed by atoms with E-state index in [2.05, 4.69) is 5.32 Å². The lowest BCUT2D eigenvalue weighted by Gasteiger charge is -2.30. The van der Waals surface area contributed by atoms with E-state index in [1.165, 1.54) is 10.5 Å². The fourth-order valence-corrected chi connectivity index (χ4v) is 4.65. The zero-order valence-electron chi connectivity index (χ0n) is 15.2. The SMILES string of the molecule is C[C@@H]1Cc2ccccc2N1C(=O)CCN1C(=O)NC2(CCCCC2)C1=O. The Labute approximate surface area is 153 Å². The summed E-state index contributed by atoms with van der Waals surface area (Å²) in [6.07, 6.45) is 5.44. The van der Waals surface area contributed by atoms with E-state index in [1.54, 1.807) is 0 Å². The van der Waals surface area contributed by atoms with Gasteiger partial charge in [0.1, 0.15) is 5.54 Å². The van der Waals surface area contributed by atoms with Crippen molar-refractivity contribution in [1.82, 2.24) is 10.2 Å². The highest BCUT2D eigenvalue weighted by Crippen LogP contribution is 2.35. The first kappa shape index (κ1) is 17.1. The first-order valence-electron chi connectivity index (χ1n) is 9.56. The second kappa shape index (κ2) is 6.41. The van der Waals surface area contributed by atoms with Crippen LogP contribution in [0.5, 0.6) is 0 Å². The third-order valence-corrected chi connectivity index (χ3v) is 5.98. The Morgan fingerprint density at radius 1 is 1.19 bits per heavy atom. The molecule has 0 unspecified atom stereocenters. The summed E-state index contributed by atoms with van der Waals surface area (Å²) in [6, 6.07) is 7.68. The maximum Gasteiger partial charge on any atom is 0.325 e. The van der Waals surface area contributed by atoms with Gasteiger partial charge in [0.05, 0.1) is 0 Å². The molecular weight excluding hydrogens is 330 g/mol. The zero-order chi connectivity index (χ0) is 18.3. The van der Waals surface area contributed by atoms with Crippen molar-refractivity contribution in [2.75, 3.05) is 11.4 Å². The van der Waals surface area contributed by atoms with E-state index in [1.807, 2.05) is 36.1 Å². The summed E-state index contributed by atoms with van der Waals surface area (Å²) in [5.74, 6) is -0.183. The van der Waals surface area contributed by atoms with Gasteiger partial charge >= 0.3 is 6.03 Å². The van der Waals surface area contributed by atoms with Gasteiger partial charge in [0, 0.05) is 24.7 Å². The summed E-state index contributed by atoms with van der Waals surface area (Å²) in [7, 11) is 0. The molecule has 2 fully saturated rings. The molecule has 0 aromatic heterocycles. The van der Waals surface area contributed by atoms with Crippen molar-refractivity contribution in [2.45, 2.75) is 63.5 Å². The summed E-state index contributed by atoms with van der Waals surface area (Å²) < 4.78 is 0. The van der Waals surface area contributed by atoms with Crippen LogP contribution in [0.15, 0.2) is 24.3 Å². The van der Waals surface area contributed by atoms with E-state index < -0.39 is 5.54 Å². The Kier molecular flexibility index (Phi) is 4.21. The number of nitrogens with zero attached hydrogens (tertiary/aromatic N) is 2. The third kappa shape index (κ3) is 2.68. The highest BCUT2D eigenvalue weighted by Gasteiger charge is 2.51. The number of urea groups is 1. The van der Waals surface area contributed by atoms with Crippen molar-refractivity contribution in [2.24, 2.45) is 0 Å². The molecule has 1 atom stereocenters. The Morgan fingerprint density at radius 2 is 1.92 bits per heavy atom. The smallest absolute Gasteiger partial charge is 0.323 e. The lowest BCUT2D eigenvalue weighted by molar-refractivity contribution is -0.132. The number of hydrogen-bond donors (Lipinski definition) is 1. The molecule has 0 radical (unpaired) electrons. The van der Waals surface area contributed by atoms with Gasteiger partial charge in [-0.15, -0.1) is 0 Å². The fraction of sp³-hybridized carbons (Fsp3) is 0.550. The van der Waals surface area contributed by atoms with Crippen LogP contribution in [0, 0.1) is 0 Å². The van der Waals surface area contributed by atoms with Gasteiger partial charge in [-0.05, 0) is 37.8 Å². The maximum absolute atomic E-state index is 12.8. The van der Waals surface area contributed by atoms with Crippen LogP contribution in [0.3, 0.4) is 0 Å². The van der Waals surface area contributed by atoms with E-state index in [0.29, 0.717) is 12.8 Å². The summed E-state index contributed by atoms with van der Waals surface area (Å²) in [4.78, 5) is 41.0. The number of rotatable bonds is 3. The molecule has 1 aromatic carbocycles. The number of benzene rings is 1. The molecule has 2 aliphatic heterocycles. The van der Waals surface area contributed by atoms with E-state index >= 15 is 0 Å². The van der Waals surface area contributed by atoms with Crippen LogP contribution in [-0.2, 0) is 16.0 Å². The van der Waals surface area contributed by atoms with E-state index in [9.17, 15) is 14.4 Å². The second-order valence-electron chi connectivity index (χ2n) is 7.73. The van der Waals surface area contributed by atoms with Crippen molar-refractivity contribution in [1.29, 1.82) is 0 Å². The number of imide groups is 1. The molecule has 1 N–H and O–H groups in total. The van der Waals surface area contributed by atoms with Crippen LogP contribution in [0.4, 0.5) is 10.5 Å². The minimum absolute atomic E-state index is 0.0346. The predicted molar refractivity (Wildman–Crippen MR) is 97.8 cm³/mol. The maximum atomic E-state index is 12.8. The quantitative estimate of drug-likeness (QED) is 0.848. The standard InChI is InChI=1S/C20H25N3O3/c1-14-13-15-7-3-4-8-16(15)23(14)17(24)9-12-22-18(25)20(21-19(22)26)10-5-2-6-11-20/h3-4,7-8,14H,2,5-6,9-13H2,1H3,(H,21,26)/t14-/m1/s1. The molecule has 1 aliphatic carbocycles. The summed E-state index contributed by atoms with van der Waals surface area (Å²) >= 11 is 0. The van der Waals surface area contributed by atoms with E-state index in [0.717, 1.165) is 31.4 Å². The molecule has 2 heterocycles. The fourth-order valence-electron chi connectivity index (χ4n) is 4.65. The van der Waals surface area contributed by atoms with Crippen LogP contribution >= 0.6 is 0 Å². The average molecular weight is 355 g/mol. The van der Waals surface area contributed by atoms with Crippen LogP contribution in [0.1, 0.15) is 51.0 Å². The van der Waals surface area contributed by atoms with Crippen molar-refractivity contribution < 1.29 is 14.4 Å². The molecular formula is C20H25N3O3. The molecule has 4 rings (SSSR count). The first-order chi connectivity index (χ1) is 12.5. The molecule has 1 saturated heterocycles. The molecule has 6 nitrogen and oxygen atoms in total. The number of anilines is 1. The van der Waals surface area contributed by atoms with Crippen molar-refractivity contribution >= 4 is 23.5 Å². The zero-order valence-corrected chi connectivity index (χ0v) is 15.2. The van der Waals surface area contributed by atoms with Crippen LogP contribution in [-0.4, -0.2) is 40.9 Å². The third-order valence-electron chi connectivity index (χ3n) is 5.98. The highest BCUT2D eigenvalue weighted by atomic mass is 16.2. The number of carbonyl (C=O) groups excluding carboxylic acids is 3. The van der Waals surface area contributed by atoms with Crippen LogP contribution in [0.25, 0.3) is 0 Å². The number of carbonyl (C=O) groups is 3. The molecule has 4 amide bonds. The molecule has 0 bridgehead atoms. The number of para-hydroxylation sites is 1. The van der Waals surface area contributed by atoms with Crippen LogP contribution in [0.2, 0.25) is 0 Å². The number of fused-ring (bicyclic) bond motifs is 1. The van der Waals surface area contributed by atoms with Gasteiger partial charge in [-0.25, -0.2) is 4.79 Å². The summed E-state index contributed by atoms with van der Waals surface area (Å²) in [5, 5.41) is 2.90. The predicted octanol–water partition coefficient (Wildman–Crippen LogP) is 2.61. The first-order valence-corrected chi connectivity index (χ1v) is 9.56. The lowest BCUT2D eigenvalue weighted by atomic mass is 9.82. The Hall–Kier alpha value is -2.37. The van der Waals surface area contributed by atoms with Crippen LogP contribution < -0.4 is 10.2 Å². The molecule has 1 spiro atoms. The van der Waals surface area contributed by atoms with E-state index in [4.69, 9.17) is 0 Å². The normalized spacial score (nSPS) is 24.1. The van der Waals surface area contributed by atoms with Gasteiger partial charge in [-0.2, -0.15) is 0 Å². The largest absolute Gasteiger partial charge is 0.325 e. The number of nitrogens with one attached hydrogen (secondary N) is 1. The number of hydrogen-bond acceptors (Lipinski definition) is 3. The minimum Gasteiger partial charge on any atom is -0.323 e. The Bertz CT molecular complexity index is 754. The van der Waals surface area contributed by atoms with Gasteiger partial charge in [-0.3, -0.25) is 14.5 Å². The summed E-state index contributed by atoms with van der Waals surface area (Å²) in [6.45, 7) is 2.18. The monoisotopic (exact) mass is 355 g/mol. The lowest BCUT2D eigenvalue weighted by Crippen LogP contribution is -2.48. The molecule has 1 saturated carbocycles. The van der Waals surface area contributed by atoms with Gasteiger partial charge in [-0.1, -0.05) is 37.5 Å². The molecule has 6 heteroatoms. The van der Waals surface area contributed by atoms with Crippen molar-refractivity contribution in [3.63, 3.8) is 0 Å². The highest BCUT2D eigenvalue weighted by molar-refractivity contribution is 6.07. The van der Waals surface area contributed by atoms with Gasteiger partial charge < -0.3 is 10.2 Å². The molecule has 3 aliphatic rings. The van der Waals surface area contributed by atoms with Crippen molar-refractivity contribution in [3.05, 3.63) is 29.8 Å². The minimum atomic E-state index is -0.716.